The second-order valence-electron chi connectivity index (χ2n) is 16.1. The number of carbonyl (C=O) groups is 3. The van der Waals surface area contributed by atoms with Crippen molar-refractivity contribution in [2.75, 3.05) is 16.4 Å². The molecule has 0 bridgehead atoms. The third kappa shape index (κ3) is 5.70. The number of anilines is 3. The summed E-state index contributed by atoms with van der Waals surface area (Å²) in [5.74, 6) is -1.77. The molecule has 4 heterocycles. The van der Waals surface area contributed by atoms with Crippen molar-refractivity contribution in [1.82, 2.24) is 4.90 Å². The molecule has 290 valence electrons. The van der Waals surface area contributed by atoms with Crippen molar-refractivity contribution in [3.63, 3.8) is 0 Å². The Balaban J connectivity index is 1.07. The highest BCUT2D eigenvalue weighted by molar-refractivity contribution is 6.72. The van der Waals surface area contributed by atoms with E-state index in [4.69, 9.17) is 4.74 Å². The molecule has 13 heteroatoms. The van der Waals surface area contributed by atoms with Crippen molar-refractivity contribution in [3.8, 4) is 0 Å². The molecule has 9 rings (SSSR count). The van der Waals surface area contributed by atoms with Crippen LogP contribution in [0, 0.1) is 16.0 Å². The van der Waals surface area contributed by atoms with Gasteiger partial charge in [-0.2, -0.15) is 0 Å². The number of fused-ring (bicyclic) bond motifs is 3. The van der Waals surface area contributed by atoms with Gasteiger partial charge in [-0.15, -0.1) is 0 Å². The Morgan fingerprint density at radius 1 is 0.965 bits per heavy atom. The summed E-state index contributed by atoms with van der Waals surface area (Å²) in [5.41, 5.74) is 2.47. The minimum absolute atomic E-state index is 0.0323. The summed E-state index contributed by atoms with van der Waals surface area (Å²) in [6.45, 7) is 4.89. The second-order valence-corrected chi connectivity index (χ2v) is 19.9. The third-order valence-corrected chi connectivity index (χ3v) is 14.9. The zero-order chi connectivity index (χ0) is 40.0. The van der Waals surface area contributed by atoms with Crippen molar-refractivity contribution in [1.29, 1.82) is 0 Å². The lowest BCUT2D eigenvalue weighted by Gasteiger charge is -2.37. The van der Waals surface area contributed by atoms with Gasteiger partial charge in [0.15, 0.2) is 5.60 Å². The average Bonchev–Trinajstić information content (AvgIpc) is 3.75. The van der Waals surface area contributed by atoms with Crippen LogP contribution in [0.15, 0.2) is 103 Å². The molecule has 3 amide bonds. The van der Waals surface area contributed by atoms with E-state index in [1.54, 1.807) is 16.7 Å². The van der Waals surface area contributed by atoms with Crippen molar-refractivity contribution in [3.05, 3.63) is 141 Å². The van der Waals surface area contributed by atoms with Gasteiger partial charge < -0.3 is 23.8 Å². The molecular formula is C44H41FN4O7Si. The molecule has 1 N–H and O–H groups in total. The summed E-state index contributed by atoms with van der Waals surface area (Å²) < 4.78 is 23.5. The molecule has 11 nitrogen and oxygen atoms in total. The summed E-state index contributed by atoms with van der Waals surface area (Å²) >= 11 is 0. The Bertz CT molecular complexity index is 2520. The zero-order valence-electron chi connectivity index (χ0n) is 31.7. The van der Waals surface area contributed by atoms with Gasteiger partial charge >= 0.3 is 0 Å². The fraction of sp³-hybridized carbons (Fsp3) is 0.295. The summed E-state index contributed by atoms with van der Waals surface area (Å²) in [6.07, 6.45) is -0.772. The van der Waals surface area contributed by atoms with Gasteiger partial charge in [-0.05, 0) is 71.9 Å². The number of aliphatic hydroxyl groups excluding tert-OH is 1. The molecule has 0 aliphatic carbocycles. The van der Waals surface area contributed by atoms with Gasteiger partial charge in [-0.3, -0.25) is 29.4 Å². The highest BCUT2D eigenvalue weighted by Gasteiger charge is 2.67. The van der Waals surface area contributed by atoms with Gasteiger partial charge in [0.05, 0.1) is 53.6 Å². The van der Waals surface area contributed by atoms with Crippen LogP contribution in [0.3, 0.4) is 0 Å². The molecule has 1 saturated heterocycles. The number of halogens is 1. The van der Waals surface area contributed by atoms with Crippen molar-refractivity contribution in [2.24, 2.45) is 5.92 Å². The van der Waals surface area contributed by atoms with Crippen LogP contribution in [0.1, 0.15) is 46.0 Å². The quantitative estimate of drug-likeness (QED) is 0.0738. The summed E-state index contributed by atoms with van der Waals surface area (Å²) in [6, 6.07) is 30.2. The fourth-order valence-electron chi connectivity index (χ4n) is 9.99. The first-order valence-corrected chi connectivity index (χ1v) is 22.2. The number of non-ortho nitro benzene ring substituents is 1. The normalized spacial score (nSPS) is 23.8. The number of nitro benzene ring substituents is 1. The van der Waals surface area contributed by atoms with Gasteiger partial charge in [0.1, 0.15) is 0 Å². The predicted octanol–water partition coefficient (Wildman–Crippen LogP) is 7.70. The Morgan fingerprint density at radius 2 is 1.70 bits per heavy atom. The zero-order valence-corrected chi connectivity index (χ0v) is 32.7. The second kappa shape index (κ2) is 13.4. The third-order valence-electron chi connectivity index (χ3n) is 12.5. The summed E-state index contributed by atoms with van der Waals surface area (Å²) in [7, 11) is -3.69. The first kappa shape index (κ1) is 36.9. The van der Waals surface area contributed by atoms with E-state index in [2.05, 4.69) is 0 Å². The number of rotatable bonds is 8. The van der Waals surface area contributed by atoms with E-state index in [9.17, 15) is 24.8 Å². The van der Waals surface area contributed by atoms with Crippen LogP contribution in [0.4, 0.5) is 26.9 Å². The number of amides is 3. The predicted molar refractivity (Wildman–Crippen MR) is 215 cm³/mol. The molecule has 5 aromatic carbocycles. The fourth-order valence-corrected chi connectivity index (χ4v) is 12.5. The van der Waals surface area contributed by atoms with Crippen LogP contribution in [-0.2, 0) is 39.4 Å². The minimum atomic E-state index is -3.69. The maximum atomic E-state index is 16.7. The van der Waals surface area contributed by atoms with E-state index >= 15 is 8.90 Å². The number of nitro groups is 1. The van der Waals surface area contributed by atoms with Crippen LogP contribution in [0.25, 0.3) is 10.8 Å². The summed E-state index contributed by atoms with van der Waals surface area (Å²) in [4.78, 5) is 59.5. The number of hydrogen-bond acceptors (Lipinski definition) is 7. The Morgan fingerprint density at radius 3 is 2.44 bits per heavy atom. The monoisotopic (exact) mass is 784 g/mol. The van der Waals surface area contributed by atoms with E-state index in [1.807, 2.05) is 84.9 Å². The van der Waals surface area contributed by atoms with E-state index in [0.29, 0.717) is 28.9 Å². The van der Waals surface area contributed by atoms with Crippen LogP contribution in [-0.4, -0.2) is 59.8 Å². The van der Waals surface area contributed by atoms with Crippen LogP contribution in [0.2, 0.25) is 18.6 Å². The molecule has 0 radical (unpaired) electrons. The molecule has 1 spiro atoms. The van der Waals surface area contributed by atoms with E-state index < -0.39 is 48.4 Å². The highest BCUT2D eigenvalue weighted by atomic mass is 28.4. The van der Waals surface area contributed by atoms with E-state index in [-0.39, 0.29) is 49.2 Å². The summed E-state index contributed by atoms with van der Waals surface area (Å²) in [5, 5.41) is 24.3. The van der Waals surface area contributed by atoms with Gasteiger partial charge in [-0.1, -0.05) is 67.6 Å². The van der Waals surface area contributed by atoms with Crippen LogP contribution in [0.5, 0.6) is 0 Å². The molecular weight excluding hydrogens is 744 g/mol. The molecule has 5 aromatic rings. The highest BCUT2D eigenvalue weighted by Crippen LogP contribution is 2.61. The minimum Gasteiger partial charge on any atom is -0.394 e. The smallest absolute Gasteiger partial charge is 0.269 e. The Kier molecular flexibility index (Phi) is 8.68. The molecule has 4 aliphatic rings. The number of hydrogen-bond donors (Lipinski definition) is 1. The van der Waals surface area contributed by atoms with Crippen LogP contribution >= 0.6 is 0 Å². The molecule has 4 aliphatic heterocycles. The SMILES string of the molecule is C[C@@H]1[C@@H]([Si](C)(C)F)[C@H](CC(=O)N2Cc3ccccc3C[C@H]2CO)O[C@@]12C(=O)N(Cc1cccc(N3C(=O)c4cccc5cccc3c45)c1)c1ccc([N+](=O)[O-])cc12. The lowest BCUT2D eigenvalue weighted by molar-refractivity contribution is -0.385. The lowest BCUT2D eigenvalue weighted by atomic mass is 9.82. The molecule has 0 saturated carbocycles. The molecule has 1 fully saturated rings. The molecule has 0 aromatic heterocycles. The molecule has 57 heavy (non-hydrogen) atoms. The standard InChI is InChI=1S/C44H41FN4O7Si/c1-26-41(57(2,3)45)38(22-39(51)46-24-30-11-5-4-10-29(30)20-33(46)25-50)56-44(26)35-21-32(49(54)55)17-18-36(35)47(43(44)53)23-27-9-6-14-31(19-27)48-37-16-8-13-28-12-7-15-34(40(28)37)42(48)52/h4-19,21,26,33,38,41,50H,20,22-25H2,1-3H3/t26-,33+,38+,41-,44+/m1/s1. The first-order valence-electron chi connectivity index (χ1n) is 19.2. The number of benzene rings is 5. The largest absolute Gasteiger partial charge is 0.394 e. The van der Waals surface area contributed by atoms with Gasteiger partial charge in [0.2, 0.25) is 14.3 Å². The average molecular weight is 785 g/mol. The maximum absolute atomic E-state index is 16.7. The van der Waals surface area contributed by atoms with E-state index in [0.717, 1.165) is 27.6 Å². The number of ether oxygens (including phenoxy) is 1. The first-order chi connectivity index (χ1) is 27.3. The lowest BCUT2D eigenvalue weighted by Crippen LogP contribution is -2.48. The van der Waals surface area contributed by atoms with Gasteiger partial charge in [0, 0.05) is 46.8 Å². The van der Waals surface area contributed by atoms with Gasteiger partial charge in [0.25, 0.3) is 17.5 Å². The van der Waals surface area contributed by atoms with E-state index in [1.165, 1.54) is 36.2 Å². The number of nitrogens with zero attached hydrogens (tertiary/aromatic N) is 4. The number of carbonyl (C=O) groups excluding carboxylic acids is 3. The molecule has 5 atom stereocenters. The van der Waals surface area contributed by atoms with Crippen molar-refractivity contribution >= 4 is 59.7 Å². The van der Waals surface area contributed by atoms with Crippen LogP contribution < -0.4 is 9.80 Å². The van der Waals surface area contributed by atoms with Crippen molar-refractivity contribution < 1.29 is 33.3 Å². The number of aliphatic hydroxyl groups is 1. The Hall–Kier alpha value is -5.76. The topological polar surface area (TPSA) is 134 Å². The Labute approximate surface area is 329 Å². The maximum Gasteiger partial charge on any atom is 0.269 e. The van der Waals surface area contributed by atoms with Gasteiger partial charge in [-0.25, -0.2) is 0 Å². The molecule has 0 unspecified atom stereocenters. The van der Waals surface area contributed by atoms with Crippen molar-refractivity contribution in [2.45, 2.75) is 69.2 Å².